The van der Waals surface area contributed by atoms with E-state index in [9.17, 15) is 4.79 Å². The van der Waals surface area contributed by atoms with Gasteiger partial charge in [-0.2, -0.15) is 0 Å². The predicted octanol–water partition coefficient (Wildman–Crippen LogP) is 2.07. The van der Waals surface area contributed by atoms with E-state index in [1.807, 2.05) is 36.4 Å². The molecule has 0 radical (unpaired) electrons. The van der Waals surface area contributed by atoms with Crippen LogP contribution in [0.4, 0.5) is 0 Å². The van der Waals surface area contributed by atoms with Crippen LogP contribution in [-0.2, 0) is 10.2 Å². The number of amides is 1. The maximum Gasteiger partial charge on any atom is 0.224 e. The van der Waals surface area contributed by atoms with Gasteiger partial charge in [-0.25, -0.2) is 0 Å². The Morgan fingerprint density at radius 2 is 1.57 bits per heavy atom. The average Bonchev–Trinajstić information content (AvgIpc) is 3.31. The van der Waals surface area contributed by atoms with E-state index in [2.05, 4.69) is 29.6 Å². The van der Waals surface area contributed by atoms with Crippen molar-refractivity contribution in [3.05, 3.63) is 71.8 Å². The summed E-state index contributed by atoms with van der Waals surface area (Å²) in [6.45, 7) is 1.01. The summed E-state index contributed by atoms with van der Waals surface area (Å²) in [6, 6.07) is 20.6. The lowest BCUT2D eigenvalue weighted by Gasteiger charge is -2.18. The smallest absolute Gasteiger partial charge is 0.224 e. The first-order valence-corrected chi connectivity index (χ1v) is 7.38. The fourth-order valence-corrected chi connectivity index (χ4v) is 3.17. The molecule has 0 aliphatic heterocycles. The molecule has 1 atom stereocenters. The predicted molar refractivity (Wildman–Crippen MR) is 83.8 cm³/mol. The summed E-state index contributed by atoms with van der Waals surface area (Å²) in [5, 5.41) is 2.92. The molecule has 108 valence electrons. The minimum atomic E-state index is -0.179. The zero-order chi connectivity index (χ0) is 14.7. The number of carbonyl (C=O) groups is 1. The second kappa shape index (κ2) is 5.70. The highest BCUT2D eigenvalue weighted by atomic mass is 16.2. The molecule has 2 aromatic carbocycles. The van der Waals surface area contributed by atoms with Crippen LogP contribution in [0.5, 0.6) is 0 Å². The standard InChI is InChI=1S/C18H20N2O/c19-11-12-20-17(21)16-13-18(16,14-7-3-1-4-8-14)15-9-5-2-6-10-15/h1-10,16H,11-13,19H2,(H,20,21)/t16-/m1/s1. The van der Waals surface area contributed by atoms with Gasteiger partial charge in [0.05, 0.1) is 5.92 Å². The van der Waals surface area contributed by atoms with Crippen LogP contribution in [0, 0.1) is 5.92 Å². The summed E-state index contributed by atoms with van der Waals surface area (Å²) < 4.78 is 0. The monoisotopic (exact) mass is 280 g/mol. The topological polar surface area (TPSA) is 55.1 Å². The van der Waals surface area contributed by atoms with Crippen LogP contribution < -0.4 is 11.1 Å². The molecule has 3 rings (SSSR count). The largest absolute Gasteiger partial charge is 0.355 e. The molecule has 0 aromatic heterocycles. The number of nitrogens with one attached hydrogen (secondary N) is 1. The van der Waals surface area contributed by atoms with Gasteiger partial charge >= 0.3 is 0 Å². The van der Waals surface area contributed by atoms with Crippen LogP contribution in [0.15, 0.2) is 60.7 Å². The van der Waals surface area contributed by atoms with Crippen molar-refractivity contribution in [2.24, 2.45) is 11.7 Å². The van der Waals surface area contributed by atoms with Gasteiger partial charge < -0.3 is 11.1 Å². The van der Waals surface area contributed by atoms with Crippen molar-refractivity contribution in [2.45, 2.75) is 11.8 Å². The Morgan fingerprint density at radius 1 is 1.05 bits per heavy atom. The van der Waals surface area contributed by atoms with E-state index >= 15 is 0 Å². The van der Waals surface area contributed by atoms with Crippen molar-refractivity contribution in [3.63, 3.8) is 0 Å². The summed E-state index contributed by atoms with van der Waals surface area (Å²) in [4.78, 5) is 12.4. The van der Waals surface area contributed by atoms with Gasteiger partial charge in [0.1, 0.15) is 0 Å². The maximum atomic E-state index is 12.4. The van der Waals surface area contributed by atoms with Gasteiger partial charge in [0, 0.05) is 18.5 Å². The molecular formula is C18H20N2O. The zero-order valence-electron chi connectivity index (χ0n) is 12.0. The second-order valence-electron chi connectivity index (χ2n) is 5.54. The molecule has 0 heterocycles. The summed E-state index contributed by atoms with van der Waals surface area (Å²) in [7, 11) is 0. The third kappa shape index (κ3) is 2.45. The zero-order valence-corrected chi connectivity index (χ0v) is 12.0. The Bertz CT molecular complexity index is 570. The molecule has 0 unspecified atom stereocenters. The molecule has 1 aliphatic carbocycles. The van der Waals surface area contributed by atoms with Gasteiger partial charge in [-0.3, -0.25) is 4.79 Å². The molecule has 0 spiro atoms. The fourth-order valence-electron chi connectivity index (χ4n) is 3.17. The first-order chi connectivity index (χ1) is 10.3. The van der Waals surface area contributed by atoms with Crippen molar-refractivity contribution in [2.75, 3.05) is 13.1 Å². The number of rotatable bonds is 5. The molecule has 1 amide bonds. The van der Waals surface area contributed by atoms with Crippen LogP contribution in [-0.4, -0.2) is 19.0 Å². The van der Waals surface area contributed by atoms with Gasteiger partial charge in [-0.15, -0.1) is 0 Å². The van der Waals surface area contributed by atoms with Crippen LogP contribution in [0.1, 0.15) is 17.5 Å². The third-order valence-corrected chi connectivity index (χ3v) is 4.30. The van der Waals surface area contributed by atoms with Crippen molar-refractivity contribution in [1.82, 2.24) is 5.32 Å². The Hall–Kier alpha value is -2.13. The molecule has 1 aliphatic rings. The summed E-state index contributed by atoms with van der Waals surface area (Å²) in [6.07, 6.45) is 0.859. The first-order valence-electron chi connectivity index (χ1n) is 7.38. The lowest BCUT2D eigenvalue weighted by molar-refractivity contribution is -0.122. The highest BCUT2D eigenvalue weighted by Gasteiger charge is 2.59. The van der Waals surface area contributed by atoms with Crippen LogP contribution >= 0.6 is 0 Å². The van der Waals surface area contributed by atoms with Gasteiger partial charge in [-0.1, -0.05) is 60.7 Å². The molecule has 0 bridgehead atoms. The summed E-state index contributed by atoms with van der Waals surface area (Å²) in [5.41, 5.74) is 7.72. The van der Waals surface area contributed by atoms with Gasteiger partial charge in [0.2, 0.25) is 5.91 Å². The van der Waals surface area contributed by atoms with E-state index in [4.69, 9.17) is 5.73 Å². The van der Waals surface area contributed by atoms with Crippen LogP contribution in [0.3, 0.4) is 0 Å². The van der Waals surface area contributed by atoms with Crippen LogP contribution in [0.25, 0.3) is 0 Å². The van der Waals surface area contributed by atoms with E-state index in [1.54, 1.807) is 0 Å². The van der Waals surface area contributed by atoms with Gasteiger partial charge in [-0.05, 0) is 17.5 Å². The first kappa shape index (κ1) is 13.8. The molecule has 3 N–H and O–H groups in total. The SMILES string of the molecule is NCCNC(=O)[C@H]1CC1(c1ccccc1)c1ccccc1. The highest BCUT2D eigenvalue weighted by Crippen LogP contribution is 2.58. The quantitative estimate of drug-likeness (QED) is 0.881. The second-order valence-corrected chi connectivity index (χ2v) is 5.54. The Kier molecular flexibility index (Phi) is 3.76. The number of carbonyl (C=O) groups excluding carboxylic acids is 1. The van der Waals surface area contributed by atoms with Crippen molar-refractivity contribution >= 4 is 5.91 Å². The molecule has 1 fully saturated rings. The number of hydrogen-bond acceptors (Lipinski definition) is 2. The number of hydrogen-bond donors (Lipinski definition) is 2. The number of nitrogens with two attached hydrogens (primary N) is 1. The Balaban J connectivity index is 1.94. The summed E-state index contributed by atoms with van der Waals surface area (Å²) in [5.74, 6) is 0.0991. The Labute approximate surface area is 125 Å². The molecular weight excluding hydrogens is 260 g/mol. The van der Waals surface area contributed by atoms with Crippen molar-refractivity contribution in [3.8, 4) is 0 Å². The van der Waals surface area contributed by atoms with E-state index < -0.39 is 0 Å². The Morgan fingerprint density at radius 3 is 2.05 bits per heavy atom. The minimum Gasteiger partial charge on any atom is -0.355 e. The van der Waals surface area contributed by atoms with Crippen molar-refractivity contribution in [1.29, 1.82) is 0 Å². The van der Waals surface area contributed by atoms with Gasteiger partial charge in [0.25, 0.3) is 0 Å². The molecule has 3 nitrogen and oxygen atoms in total. The lowest BCUT2D eigenvalue weighted by Crippen LogP contribution is -2.32. The lowest BCUT2D eigenvalue weighted by atomic mass is 9.85. The van der Waals surface area contributed by atoms with E-state index in [1.165, 1.54) is 11.1 Å². The fraction of sp³-hybridized carbons (Fsp3) is 0.278. The van der Waals surface area contributed by atoms with E-state index in [0.717, 1.165) is 6.42 Å². The molecule has 1 saturated carbocycles. The molecule has 2 aromatic rings. The van der Waals surface area contributed by atoms with E-state index in [-0.39, 0.29) is 17.2 Å². The normalized spacial score (nSPS) is 19.0. The minimum absolute atomic E-state index is 0.00569. The highest BCUT2D eigenvalue weighted by molar-refractivity contribution is 5.86. The van der Waals surface area contributed by atoms with E-state index in [0.29, 0.717) is 13.1 Å². The van der Waals surface area contributed by atoms with Crippen molar-refractivity contribution < 1.29 is 4.79 Å². The van der Waals surface area contributed by atoms with Gasteiger partial charge in [0.15, 0.2) is 0 Å². The summed E-state index contributed by atoms with van der Waals surface area (Å²) >= 11 is 0. The number of benzene rings is 2. The maximum absolute atomic E-state index is 12.4. The molecule has 21 heavy (non-hydrogen) atoms. The molecule has 0 saturated heterocycles. The molecule has 3 heteroatoms. The van der Waals surface area contributed by atoms with Crippen LogP contribution in [0.2, 0.25) is 0 Å². The third-order valence-electron chi connectivity index (χ3n) is 4.30. The average molecular weight is 280 g/mol.